The Balaban J connectivity index is 2.11. The summed E-state index contributed by atoms with van der Waals surface area (Å²) in [7, 11) is 2.19. The van der Waals surface area contributed by atoms with Crippen molar-refractivity contribution in [2.75, 3.05) is 11.9 Å². The van der Waals surface area contributed by atoms with Gasteiger partial charge in [0.15, 0.2) is 0 Å². The van der Waals surface area contributed by atoms with Crippen LogP contribution < -0.4 is 4.90 Å². The Morgan fingerprint density at radius 1 is 1.23 bits per heavy atom. The Hall–Kier alpha value is -0.980. The van der Waals surface area contributed by atoms with Crippen molar-refractivity contribution in [3.63, 3.8) is 0 Å². The van der Waals surface area contributed by atoms with Crippen molar-refractivity contribution < 1.29 is 0 Å². The first-order valence-corrected chi connectivity index (χ1v) is 5.13. The molecule has 1 saturated carbocycles. The Morgan fingerprint density at radius 2 is 1.85 bits per heavy atom. The molecule has 0 aliphatic heterocycles. The molecule has 1 heteroatoms. The van der Waals surface area contributed by atoms with Crippen LogP contribution in [-0.2, 0) is 6.42 Å². The molecule has 0 spiro atoms. The zero-order valence-electron chi connectivity index (χ0n) is 8.46. The van der Waals surface area contributed by atoms with Crippen molar-refractivity contribution in [2.45, 2.75) is 32.2 Å². The molecule has 1 aromatic rings. The molecule has 1 nitrogen and oxygen atoms in total. The second-order valence-corrected chi connectivity index (χ2v) is 3.86. The maximum Gasteiger partial charge on any atom is 0.0366 e. The number of anilines is 1. The lowest BCUT2D eigenvalue weighted by molar-refractivity contribution is 0.916. The zero-order chi connectivity index (χ0) is 9.26. The predicted octanol–water partition coefficient (Wildman–Crippen LogP) is 2.85. The first-order valence-electron chi connectivity index (χ1n) is 5.13. The highest BCUT2D eigenvalue weighted by atomic mass is 15.2. The van der Waals surface area contributed by atoms with E-state index < -0.39 is 0 Å². The van der Waals surface area contributed by atoms with Crippen molar-refractivity contribution in [3.05, 3.63) is 29.8 Å². The van der Waals surface area contributed by atoms with E-state index in [2.05, 4.69) is 43.1 Å². The summed E-state index contributed by atoms with van der Waals surface area (Å²) in [4.78, 5) is 2.39. The van der Waals surface area contributed by atoms with Crippen LogP contribution in [0.4, 0.5) is 5.69 Å². The van der Waals surface area contributed by atoms with E-state index in [-0.39, 0.29) is 0 Å². The third-order valence-corrected chi connectivity index (χ3v) is 2.85. The lowest BCUT2D eigenvalue weighted by atomic mass is 10.1. The minimum absolute atomic E-state index is 0.812. The summed E-state index contributed by atoms with van der Waals surface area (Å²) in [5.41, 5.74) is 2.78. The summed E-state index contributed by atoms with van der Waals surface area (Å²) in [5, 5.41) is 0. The van der Waals surface area contributed by atoms with Crippen LogP contribution in [0.2, 0.25) is 0 Å². The predicted molar refractivity (Wildman–Crippen MR) is 57.2 cm³/mol. The van der Waals surface area contributed by atoms with Crippen molar-refractivity contribution in [1.82, 2.24) is 0 Å². The third-order valence-electron chi connectivity index (χ3n) is 2.85. The fraction of sp³-hybridized carbons (Fsp3) is 0.500. The van der Waals surface area contributed by atoms with Gasteiger partial charge in [-0.3, -0.25) is 0 Å². The molecule has 0 heterocycles. The highest BCUT2D eigenvalue weighted by molar-refractivity contribution is 5.48. The summed E-state index contributed by atoms with van der Waals surface area (Å²) in [6, 6.07) is 9.74. The molecule has 1 aliphatic rings. The summed E-state index contributed by atoms with van der Waals surface area (Å²) < 4.78 is 0. The van der Waals surface area contributed by atoms with Gasteiger partial charge < -0.3 is 4.90 Å². The molecule has 1 aliphatic carbocycles. The number of hydrogen-bond donors (Lipinski definition) is 0. The molecule has 0 saturated heterocycles. The summed E-state index contributed by atoms with van der Waals surface area (Å²) in [6.45, 7) is 2.19. The van der Waals surface area contributed by atoms with E-state index in [4.69, 9.17) is 0 Å². The lowest BCUT2D eigenvalue weighted by Crippen LogP contribution is -2.19. The summed E-state index contributed by atoms with van der Waals surface area (Å²) in [5.74, 6) is 0. The van der Waals surface area contributed by atoms with Gasteiger partial charge in [0.2, 0.25) is 0 Å². The molecule has 0 aromatic heterocycles. The Bertz CT molecular complexity index is 272. The van der Waals surface area contributed by atoms with Crippen LogP contribution in [-0.4, -0.2) is 13.1 Å². The molecule has 0 radical (unpaired) electrons. The van der Waals surface area contributed by atoms with E-state index in [9.17, 15) is 0 Å². The van der Waals surface area contributed by atoms with Gasteiger partial charge in [-0.1, -0.05) is 19.1 Å². The van der Waals surface area contributed by atoms with Crippen LogP contribution in [0.15, 0.2) is 24.3 Å². The first kappa shape index (κ1) is 8.61. The molecule has 70 valence electrons. The molecular formula is C12H17N. The van der Waals surface area contributed by atoms with Crippen molar-refractivity contribution in [3.8, 4) is 0 Å². The Labute approximate surface area is 80.4 Å². The molecule has 0 atom stereocenters. The van der Waals surface area contributed by atoms with Crippen LogP contribution in [0, 0.1) is 0 Å². The van der Waals surface area contributed by atoms with Crippen molar-refractivity contribution >= 4 is 5.69 Å². The average molecular weight is 175 g/mol. The van der Waals surface area contributed by atoms with Gasteiger partial charge in [-0.05, 0) is 37.0 Å². The second-order valence-electron chi connectivity index (χ2n) is 3.86. The van der Waals surface area contributed by atoms with Gasteiger partial charge in [0.25, 0.3) is 0 Å². The van der Waals surface area contributed by atoms with Crippen LogP contribution in [0.5, 0.6) is 0 Å². The molecule has 2 rings (SSSR count). The van der Waals surface area contributed by atoms with Crippen molar-refractivity contribution in [1.29, 1.82) is 0 Å². The van der Waals surface area contributed by atoms with Crippen LogP contribution in [0.1, 0.15) is 25.3 Å². The minimum Gasteiger partial charge on any atom is -0.372 e. The molecule has 0 bridgehead atoms. The van der Waals surface area contributed by atoms with Gasteiger partial charge in [-0.2, -0.15) is 0 Å². The normalized spacial score (nSPS) is 15.8. The topological polar surface area (TPSA) is 3.24 Å². The number of benzene rings is 1. The largest absolute Gasteiger partial charge is 0.372 e. The average Bonchev–Trinajstić information content (AvgIpc) is 3.00. The van der Waals surface area contributed by atoms with Crippen LogP contribution in [0.25, 0.3) is 0 Å². The maximum absolute atomic E-state index is 2.39. The van der Waals surface area contributed by atoms with Crippen molar-refractivity contribution in [2.24, 2.45) is 0 Å². The van der Waals surface area contributed by atoms with E-state index in [1.54, 1.807) is 0 Å². The monoisotopic (exact) mass is 175 g/mol. The fourth-order valence-corrected chi connectivity index (χ4v) is 1.64. The van der Waals surface area contributed by atoms with Gasteiger partial charge in [-0.15, -0.1) is 0 Å². The molecule has 0 unspecified atom stereocenters. The quantitative estimate of drug-likeness (QED) is 0.682. The number of hydrogen-bond acceptors (Lipinski definition) is 1. The standard InChI is InChI=1S/C12H17N/c1-3-10-4-6-11(7-5-10)13(2)12-8-9-12/h4-7,12H,3,8-9H2,1-2H3. The van der Waals surface area contributed by atoms with Gasteiger partial charge in [-0.25, -0.2) is 0 Å². The Morgan fingerprint density at radius 3 is 2.31 bits per heavy atom. The lowest BCUT2D eigenvalue weighted by Gasteiger charge is -2.18. The minimum atomic E-state index is 0.812. The highest BCUT2D eigenvalue weighted by Gasteiger charge is 2.26. The molecule has 1 fully saturated rings. The van der Waals surface area contributed by atoms with E-state index in [0.717, 1.165) is 12.5 Å². The van der Waals surface area contributed by atoms with Gasteiger partial charge in [0, 0.05) is 18.8 Å². The van der Waals surface area contributed by atoms with Crippen LogP contribution >= 0.6 is 0 Å². The van der Waals surface area contributed by atoms with Gasteiger partial charge >= 0.3 is 0 Å². The van der Waals surface area contributed by atoms with E-state index in [1.165, 1.54) is 24.1 Å². The number of rotatable bonds is 3. The maximum atomic E-state index is 2.39. The number of nitrogens with zero attached hydrogens (tertiary/aromatic N) is 1. The molecule has 0 N–H and O–H groups in total. The van der Waals surface area contributed by atoms with E-state index in [1.807, 2.05) is 0 Å². The molecular weight excluding hydrogens is 158 g/mol. The SMILES string of the molecule is CCc1ccc(N(C)C2CC2)cc1. The zero-order valence-corrected chi connectivity index (χ0v) is 8.46. The fourth-order valence-electron chi connectivity index (χ4n) is 1.64. The van der Waals surface area contributed by atoms with Gasteiger partial charge in [0.1, 0.15) is 0 Å². The summed E-state index contributed by atoms with van der Waals surface area (Å²) in [6.07, 6.45) is 3.87. The molecule has 0 amide bonds. The third kappa shape index (κ3) is 1.85. The van der Waals surface area contributed by atoms with E-state index >= 15 is 0 Å². The highest BCUT2D eigenvalue weighted by Crippen LogP contribution is 2.29. The summed E-state index contributed by atoms with van der Waals surface area (Å²) >= 11 is 0. The first-order chi connectivity index (χ1) is 6.31. The Kier molecular flexibility index (Phi) is 2.26. The van der Waals surface area contributed by atoms with E-state index in [0.29, 0.717) is 0 Å². The second kappa shape index (κ2) is 3.41. The molecule has 13 heavy (non-hydrogen) atoms. The number of aryl methyl sites for hydroxylation is 1. The molecule has 1 aromatic carbocycles. The van der Waals surface area contributed by atoms with Gasteiger partial charge in [0.05, 0.1) is 0 Å². The van der Waals surface area contributed by atoms with Crippen LogP contribution in [0.3, 0.4) is 0 Å². The smallest absolute Gasteiger partial charge is 0.0366 e.